The van der Waals surface area contributed by atoms with Gasteiger partial charge >= 0.3 is 5.97 Å². The molecule has 4 heteroatoms. The third-order valence-electron chi connectivity index (χ3n) is 3.17. The molecule has 0 saturated carbocycles. The van der Waals surface area contributed by atoms with Crippen molar-refractivity contribution in [3.8, 4) is 0 Å². The van der Waals surface area contributed by atoms with Gasteiger partial charge in [-0.05, 0) is 26.2 Å². The van der Waals surface area contributed by atoms with E-state index in [0.717, 1.165) is 31.6 Å². The fourth-order valence-electron chi connectivity index (χ4n) is 2.01. The summed E-state index contributed by atoms with van der Waals surface area (Å²) in [5, 5.41) is 0. The van der Waals surface area contributed by atoms with E-state index < -0.39 is 0 Å². The van der Waals surface area contributed by atoms with Crippen LogP contribution in [0, 0.1) is 6.92 Å². The molecular formula is C15H26N2O2. The molecule has 0 amide bonds. The van der Waals surface area contributed by atoms with Crippen molar-refractivity contribution >= 4 is 5.97 Å². The van der Waals surface area contributed by atoms with E-state index in [0.29, 0.717) is 13.0 Å². The molecule has 0 saturated heterocycles. The number of ether oxygens (including phenoxy) is 1. The van der Waals surface area contributed by atoms with Crippen LogP contribution in [0.5, 0.6) is 0 Å². The Morgan fingerprint density at radius 2 is 2.00 bits per heavy atom. The summed E-state index contributed by atoms with van der Waals surface area (Å²) in [6.07, 6.45) is 11.0. The lowest BCUT2D eigenvalue weighted by molar-refractivity contribution is -0.143. The molecule has 1 rings (SSSR count). The van der Waals surface area contributed by atoms with E-state index in [9.17, 15) is 4.79 Å². The molecule has 1 heterocycles. The minimum atomic E-state index is -0.0455. The van der Waals surface area contributed by atoms with Crippen LogP contribution in [-0.2, 0) is 16.1 Å². The largest absolute Gasteiger partial charge is 0.466 e. The van der Waals surface area contributed by atoms with Crippen LogP contribution in [-0.4, -0.2) is 22.1 Å². The highest BCUT2D eigenvalue weighted by atomic mass is 16.5. The number of aryl methyl sites for hydroxylation is 2. The Hall–Kier alpha value is -1.32. The molecule has 1 aromatic heterocycles. The number of nitrogens with zero attached hydrogens (tertiary/aromatic N) is 2. The fraction of sp³-hybridized carbons (Fsp3) is 0.733. The maximum Gasteiger partial charge on any atom is 0.305 e. The van der Waals surface area contributed by atoms with Gasteiger partial charge in [-0.3, -0.25) is 4.79 Å². The predicted octanol–water partition coefficient (Wildman–Crippen LogP) is 3.49. The third kappa shape index (κ3) is 6.99. The van der Waals surface area contributed by atoms with Crippen LogP contribution >= 0.6 is 0 Å². The van der Waals surface area contributed by atoms with Gasteiger partial charge in [0.15, 0.2) is 0 Å². The molecule has 108 valence electrons. The summed E-state index contributed by atoms with van der Waals surface area (Å²) in [5.41, 5.74) is 0. The molecule has 4 nitrogen and oxygen atoms in total. The van der Waals surface area contributed by atoms with Crippen molar-refractivity contribution in [3.05, 3.63) is 18.2 Å². The molecule has 0 aromatic carbocycles. The van der Waals surface area contributed by atoms with E-state index >= 15 is 0 Å². The summed E-state index contributed by atoms with van der Waals surface area (Å²) in [4.78, 5) is 15.5. The van der Waals surface area contributed by atoms with E-state index in [4.69, 9.17) is 4.74 Å². The summed E-state index contributed by atoms with van der Waals surface area (Å²) >= 11 is 0. The lowest BCUT2D eigenvalue weighted by Gasteiger charge is -2.05. The van der Waals surface area contributed by atoms with E-state index in [1.807, 2.05) is 26.2 Å². The minimum absolute atomic E-state index is 0.0455. The highest BCUT2D eigenvalue weighted by molar-refractivity contribution is 5.69. The van der Waals surface area contributed by atoms with Crippen molar-refractivity contribution in [1.82, 2.24) is 9.55 Å². The van der Waals surface area contributed by atoms with Gasteiger partial charge in [-0.1, -0.05) is 26.2 Å². The van der Waals surface area contributed by atoms with Crippen molar-refractivity contribution in [1.29, 1.82) is 0 Å². The zero-order chi connectivity index (χ0) is 13.9. The van der Waals surface area contributed by atoms with Gasteiger partial charge in [0.2, 0.25) is 0 Å². The standard InChI is InChI=1S/C15H26N2O2/c1-3-13-19-15(18)9-7-5-4-6-8-11-17-12-10-16-14(17)2/h10,12H,3-9,11,13H2,1-2H3. The van der Waals surface area contributed by atoms with Crippen LogP contribution in [0.25, 0.3) is 0 Å². The Balaban J connectivity index is 1.91. The number of esters is 1. The zero-order valence-electron chi connectivity index (χ0n) is 12.2. The topological polar surface area (TPSA) is 44.1 Å². The van der Waals surface area contributed by atoms with E-state index in [-0.39, 0.29) is 5.97 Å². The summed E-state index contributed by atoms with van der Waals surface area (Å²) in [6.45, 7) is 5.64. The van der Waals surface area contributed by atoms with Gasteiger partial charge in [0.05, 0.1) is 6.61 Å². The number of carbonyl (C=O) groups excluding carboxylic acids is 1. The molecule has 0 aliphatic heterocycles. The lowest BCUT2D eigenvalue weighted by Crippen LogP contribution is -2.04. The van der Waals surface area contributed by atoms with E-state index in [1.165, 1.54) is 19.3 Å². The molecule has 0 unspecified atom stereocenters. The second kappa shape index (κ2) is 9.59. The highest BCUT2D eigenvalue weighted by Gasteiger charge is 2.01. The molecule has 0 N–H and O–H groups in total. The highest BCUT2D eigenvalue weighted by Crippen LogP contribution is 2.08. The second-order valence-electron chi connectivity index (χ2n) is 4.91. The quantitative estimate of drug-likeness (QED) is 0.481. The Bertz CT molecular complexity index is 361. The molecule has 0 atom stereocenters. The molecule has 1 aromatic rings. The maximum atomic E-state index is 11.3. The van der Waals surface area contributed by atoms with Gasteiger partial charge in [0.25, 0.3) is 0 Å². The minimum Gasteiger partial charge on any atom is -0.466 e. The Morgan fingerprint density at radius 3 is 2.68 bits per heavy atom. The second-order valence-corrected chi connectivity index (χ2v) is 4.91. The number of rotatable bonds is 10. The van der Waals surface area contributed by atoms with Gasteiger partial charge in [-0.25, -0.2) is 4.98 Å². The first-order valence-electron chi connectivity index (χ1n) is 7.37. The SMILES string of the molecule is CCCOC(=O)CCCCCCCn1ccnc1C. The third-order valence-corrected chi connectivity index (χ3v) is 3.17. The smallest absolute Gasteiger partial charge is 0.305 e. The van der Waals surface area contributed by atoms with Crippen molar-refractivity contribution < 1.29 is 9.53 Å². The molecule has 0 spiro atoms. The molecule has 0 radical (unpaired) electrons. The predicted molar refractivity (Wildman–Crippen MR) is 75.9 cm³/mol. The van der Waals surface area contributed by atoms with Crippen LogP contribution in [0.15, 0.2) is 12.4 Å². The first-order chi connectivity index (χ1) is 9.24. The number of aromatic nitrogens is 2. The molecular weight excluding hydrogens is 240 g/mol. The number of hydrogen-bond donors (Lipinski definition) is 0. The molecule has 0 bridgehead atoms. The van der Waals surface area contributed by atoms with Crippen molar-refractivity contribution in [2.45, 2.75) is 65.3 Å². The molecule has 0 aliphatic rings. The van der Waals surface area contributed by atoms with Crippen LogP contribution in [0.1, 0.15) is 57.7 Å². The summed E-state index contributed by atoms with van der Waals surface area (Å²) in [7, 11) is 0. The molecule has 0 aliphatic carbocycles. The van der Waals surface area contributed by atoms with Crippen LogP contribution in [0.2, 0.25) is 0 Å². The average Bonchev–Trinajstić information content (AvgIpc) is 2.81. The molecule has 19 heavy (non-hydrogen) atoms. The number of carbonyl (C=O) groups is 1. The molecule has 0 fully saturated rings. The first-order valence-corrected chi connectivity index (χ1v) is 7.37. The van der Waals surface area contributed by atoms with Crippen LogP contribution in [0.4, 0.5) is 0 Å². The Morgan fingerprint density at radius 1 is 1.26 bits per heavy atom. The number of hydrogen-bond acceptors (Lipinski definition) is 3. The normalized spacial score (nSPS) is 10.6. The van der Waals surface area contributed by atoms with Crippen molar-refractivity contribution in [2.75, 3.05) is 6.61 Å². The zero-order valence-corrected chi connectivity index (χ0v) is 12.2. The van der Waals surface area contributed by atoms with Crippen molar-refractivity contribution in [3.63, 3.8) is 0 Å². The lowest BCUT2D eigenvalue weighted by atomic mass is 10.1. The number of imidazole rings is 1. The van der Waals surface area contributed by atoms with Crippen LogP contribution in [0.3, 0.4) is 0 Å². The van der Waals surface area contributed by atoms with E-state index in [2.05, 4.69) is 9.55 Å². The van der Waals surface area contributed by atoms with Crippen LogP contribution < -0.4 is 0 Å². The summed E-state index contributed by atoms with van der Waals surface area (Å²) < 4.78 is 7.21. The van der Waals surface area contributed by atoms with Gasteiger partial charge in [0.1, 0.15) is 5.82 Å². The first kappa shape index (κ1) is 15.7. The van der Waals surface area contributed by atoms with Gasteiger partial charge in [-0.15, -0.1) is 0 Å². The maximum absolute atomic E-state index is 11.3. The summed E-state index contributed by atoms with van der Waals surface area (Å²) in [6, 6.07) is 0. The van der Waals surface area contributed by atoms with Gasteiger partial charge in [0, 0.05) is 25.4 Å². The Kier molecular flexibility index (Phi) is 7.94. The van der Waals surface area contributed by atoms with Gasteiger partial charge in [-0.2, -0.15) is 0 Å². The monoisotopic (exact) mass is 266 g/mol. The fourth-order valence-corrected chi connectivity index (χ4v) is 2.01. The average molecular weight is 266 g/mol. The Labute approximate surface area is 116 Å². The number of unbranched alkanes of at least 4 members (excludes halogenated alkanes) is 4. The summed E-state index contributed by atoms with van der Waals surface area (Å²) in [5.74, 6) is 1.04. The van der Waals surface area contributed by atoms with Gasteiger partial charge < -0.3 is 9.30 Å². The van der Waals surface area contributed by atoms with Crippen molar-refractivity contribution in [2.24, 2.45) is 0 Å². The van der Waals surface area contributed by atoms with E-state index in [1.54, 1.807) is 0 Å².